The molecule has 1 atom stereocenters. The quantitative estimate of drug-likeness (QED) is 0.166. The van der Waals surface area contributed by atoms with E-state index < -0.39 is 28.9 Å². The molecular weight excluding hydrogens is 603 g/mol. The standard InChI is InChI=1S/C29H24F2N4O4S3/c1-15-2-9-26(41-15)20-12-18(6-8-22(20)30)27-21(11-17-5-7-19(13-23(17)31)34-42(38)39)24(10-16-3-4-16)33-35(27)29-32-25(14-40-29)28(36)37/h2,5-9,12-14,16,34H,3-4,10-11H2,1H3,(H,36,37)(H,38,39)/p-1. The lowest BCUT2D eigenvalue weighted by molar-refractivity contribution is 0.0691. The second-order valence-electron chi connectivity index (χ2n) is 10.1. The fraction of sp³-hybridized carbons (Fsp3) is 0.207. The van der Waals surface area contributed by atoms with E-state index in [1.807, 2.05) is 19.1 Å². The minimum Gasteiger partial charge on any atom is -0.755 e. The number of aromatic nitrogens is 3. The van der Waals surface area contributed by atoms with Crippen molar-refractivity contribution in [1.82, 2.24) is 14.8 Å². The van der Waals surface area contributed by atoms with Crippen LogP contribution in [0, 0.1) is 24.5 Å². The summed E-state index contributed by atoms with van der Waals surface area (Å²) in [5.41, 5.74) is 3.31. The Bertz CT molecular complexity index is 1840. The van der Waals surface area contributed by atoms with E-state index in [9.17, 15) is 18.7 Å². The SMILES string of the molecule is Cc1ccc(-c2cc(-c3c(Cc4ccc(NS(=O)[O-])cc4F)c(CC4CC4)nn3-c3nc(C(=O)O)cs3)ccc2F)s1. The lowest BCUT2D eigenvalue weighted by atomic mass is 9.95. The number of halogens is 2. The van der Waals surface area contributed by atoms with Crippen LogP contribution in [0.3, 0.4) is 0 Å². The van der Waals surface area contributed by atoms with Crippen LogP contribution in [0.4, 0.5) is 14.5 Å². The van der Waals surface area contributed by atoms with E-state index >= 15 is 8.78 Å². The van der Waals surface area contributed by atoms with Crippen molar-refractivity contribution in [3.8, 4) is 26.8 Å². The molecule has 5 aromatic rings. The van der Waals surface area contributed by atoms with Gasteiger partial charge in [0.05, 0.1) is 11.4 Å². The minimum absolute atomic E-state index is 0.0945. The highest BCUT2D eigenvalue weighted by Crippen LogP contribution is 2.40. The lowest BCUT2D eigenvalue weighted by Gasteiger charge is -2.13. The Morgan fingerprint density at radius 2 is 1.98 bits per heavy atom. The van der Waals surface area contributed by atoms with Crippen LogP contribution in [-0.4, -0.2) is 34.6 Å². The van der Waals surface area contributed by atoms with Crippen molar-refractivity contribution < 1.29 is 27.4 Å². The highest BCUT2D eigenvalue weighted by Gasteiger charge is 2.29. The second kappa shape index (κ2) is 11.5. The van der Waals surface area contributed by atoms with Crippen LogP contribution in [0.1, 0.15) is 45.0 Å². The Kier molecular flexibility index (Phi) is 7.75. The van der Waals surface area contributed by atoms with Gasteiger partial charge in [0.1, 0.15) is 11.6 Å². The normalized spacial score (nSPS) is 13.8. The van der Waals surface area contributed by atoms with Crippen LogP contribution in [0.15, 0.2) is 53.9 Å². The molecule has 1 unspecified atom stereocenters. The molecule has 42 heavy (non-hydrogen) atoms. The summed E-state index contributed by atoms with van der Waals surface area (Å²) in [5, 5.41) is 16.1. The molecule has 0 amide bonds. The molecule has 13 heteroatoms. The summed E-state index contributed by atoms with van der Waals surface area (Å²) < 4.78 is 56.2. The Hall–Kier alpha value is -3.78. The molecule has 6 rings (SSSR count). The molecule has 0 spiro atoms. The number of nitrogens with one attached hydrogen (secondary N) is 1. The third kappa shape index (κ3) is 5.91. The number of carbonyl (C=O) groups is 1. The summed E-state index contributed by atoms with van der Waals surface area (Å²) in [4.78, 5) is 17.7. The molecule has 2 aromatic carbocycles. The second-order valence-corrected chi connectivity index (χ2v) is 12.9. The summed E-state index contributed by atoms with van der Waals surface area (Å²) in [6.07, 6.45) is 2.84. The van der Waals surface area contributed by atoms with Gasteiger partial charge in [-0.1, -0.05) is 6.07 Å². The topological polar surface area (TPSA) is 120 Å². The number of rotatable bonds is 10. The monoisotopic (exact) mass is 625 g/mol. The summed E-state index contributed by atoms with van der Waals surface area (Å²) >= 11 is -0.0159. The van der Waals surface area contributed by atoms with Crippen LogP contribution in [0.25, 0.3) is 26.8 Å². The number of thiazole rings is 1. The summed E-state index contributed by atoms with van der Waals surface area (Å²) in [7, 11) is 0. The molecule has 2 N–H and O–H groups in total. The van der Waals surface area contributed by atoms with Crippen molar-refractivity contribution in [2.24, 2.45) is 5.92 Å². The van der Waals surface area contributed by atoms with Crippen molar-refractivity contribution in [1.29, 1.82) is 0 Å². The molecule has 0 radical (unpaired) electrons. The largest absolute Gasteiger partial charge is 0.755 e. The number of carboxylic acid groups (broad SMARTS) is 1. The van der Waals surface area contributed by atoms with Crippen LogP contribution >= 0.6 is 22.7 Å². The number of hydrogen-bond donors (Lipinski definition) is 2. The molecule has 216 valence electrons. The highest BCUT2D eigenvalue weighted by atomic mass is 32.2. The maximum atomic E-state index is 15.3. The number of carboxylic acids is 1. The van der Waals surface area contributed by atoms with Crippen molar-refractivity contribution in [2.75, 3.05) is 4.72 Å². The van der Waals surface area contributed by atoms with Crippen LogP contribution in [-0.2, 0) is 24.1 Å². The van der Waals surface area contributed by atoms with E-state index in [4.69, 9.17) is 5.10 Å². The number of aromatic carboxylic acids is 1. The van der Waals surface area contributed by atoms with Crippen LogP contribution in [0.5, 0.6) is 0 Å². The van der Waals surface area contributed by atoms with Gasteiger partial charge in [-0.2, -0.15) is 5.10 Å². The van der Waals surface area contributed by atoms with E-state index in [1.54, 1.807) is 16.8 Å². The minimum atomic E-state index is -2.60. The fourth-order valence-electron chi connectivity index (χ4n) is 4.82. The summed E-state index contributed by atoms with van der Waals surface area (Å²) in [6.45, 7) is 1.94. The van der Waals surface area contributed by atoms with Gasteiger partial charge in [-0.15, -0.1) is 22.7 Å². The van der Waals surface area contributed by atoms with E-state index in [0.29, 0.717) is 45.4 Å². The number of benzene rings is 2. The van der Waals surface area contributed by atoms with E-state index in [2.05, 4.69) is 9.71 Å². The Balaban J connectivity index is 1.54. The van der Waals surface area contributed by atoms with Gasteiger partial charge in [-0.05, 0) is 80.1 Å². The first-order valence-corrected chi connectivity index (χ1v) is 15.7. The number of thiophene rings is 1. The maximum absolute atomic E-state index is 15.3. The van der Waals surface area contributed by atoms with Crippen LogP contribution < -0.4 is 4.72 Å². The molecule has 1 fully saturated rings. The first-order valence-electron chi connectivity index (χ1n) is 13.0. The number of aryl methyl sites for hydroxylation is 1. The predicted octanol–water partition coefficient (Wildman–Crippen LogP) is 6.76. The van der Waals surface area contributed by atoms with Crippen LogP contribution in [0.2, 0.25) is 0 Å². The highest BCUT2D eigenvalue weighted by molar-refractivity contribution is 7.80. The number of nitrogens with zero attached hydrogens (tertiary/aromatic N) is 3. The lowest BCUT2D eigenvalue weighted by Crippen LogP contribution is -2.04. The average molecular weight is 626 g/mol. The zero-order chi connectivity index (χ0) is 29.5. The number of hydrogen-bond acceptors (Lipinski definition) is 7. The third-order valence-electron chi connectivity index (χ3n) is 7.01. The maximum Gasteiger partial charge on any atom is 0.355 e. The summed E-state index contributed by atoms with van der Waals surface area (Å²) in [6, 6.07) is 12.6. The van der Waals surface area contributed by atoms with E-state index in [0.717, 1.165) is 45.7 Å². The first kappa shape index (κ1) is 28.3. The van der Waals surface area contributed by atoms with Gasteiger partial charge in [0.2, 0.25) is 5.13 Å². The van der Waals surface area contributed by atoms with Gasteiger partial charge in [0.15, 0.2) is 5.69 Å². The number of anilines is 1. The first-order chi connectivity index (χ1) is 20.2. The molecule has 0 saturated heterocycles. The van der Waals surface area contributed by atoms with E-state index in [-0.39, 0.29) is 17.8 Å². The molecular formula is C29H23F2N4O4S3-. The molecule has 1 aliphatic carbocycles. The summed E-state index contributed by atoms with van der Waals surface area (Å²) in [5.74, 6) is -1.74. The van der Waals surface area contributed by atoms with Crippen molar-refractivity contribution >= 4 is 45.6 Å². The Morgan fingerprint density at radius 1 is 1.17 bits per heavy atom. The molecule has 3 heterocycles. The van der Waals surface area contributed by atoms with Crippen molar-refractivity contribution in [3.05, 3.63) is 92.9 Å². The average Bonchev–Trinajstić information content (AvgIpc) is 3.29. The smallest absolute Gasteiger partial charge is 0.355 e. The molecule has 0 bridgehead atoms. The molecule has 1 aliphatic rings. The Labute approximate surface area is 250 Å². The van der Waals surface area contributed by atoms with Gasteiger partial charge in [0, 0.05) is 55.2 Å². The zero-order valence-corrected chi connectivity index (χ0v) is 24.5. The van der Waals surface area contributed by atoms with Gasteiger partial charge >= 0.3 is 5.97 Å². The Morgan fingerprint density at radius 3 is 2.62 bits per heavy atom. The van der Waals surface area contributed by atoms with Gasteiger partial charge < -0.3 is 14.4 Å². The van der Waals surface area contributed by atoms with Gasteiger partial charge in [0.25, 0.3) is 0 Å². The molecule has 1 saturated carbocycles. The van der Waals surface area contributed by atoms with E-state index in [1.165, 1.54) is 34.9 Å². The van der Waals surface area contributed by atoms with Crippen molar-refractivity contribution in [2.45, 2.75) is 32.6 Å². The molecule has 3 aromatic heterocycles. The third-order valence-corrected chi connectivity index (χ3v) is 9.26. The zero-order valence-electron chi connectivity index (χ0n) is 22.1. The van der Waals surface area contributed by atoms with Crippen molar-refractivity contribution in [3.63, 3.8) is 0 Å². The molecule has 8 nitrogen and oxygen atoms in total. The molecule has 0 aliphatic heterocycles. The fourth-order valence-corrected chi connectivity index (χ4v) is 6.78. The van der Waals surface area contributed by atoms with Gasteiger partial charge in [-0.25, -0.2) is 23.2 Å². The predicted molar refractivity (Wildman–Crippen MR) is 158 cm³/mol. The van der Waals surface area contributed by atoms with Gasteiger partial charge in [-0.3, -0.25) is 4.21 Å².